The van der Waals surface area contributed by atoms with Crippen molar-refractivity contribution in [3.05, 3.63) is 58.6 Å². The lowest BCUT2D eigenvalue weighted by atomic mass is 10.1. The Kier molecular flexibility index (Phi) is 5.29. The number of hydrogen-bond acceptors (Lipinski definition) is 4. The van der Waals surface area contributed by atoms with Gasteiger partial charge >= 0.3 is 0 Å². The molecule has 0 bridgehead atoms. The summed E-state index contributed by atoms with van der Waals surface area (Å²) in [5, 5.41) is 1.51. The van der Waals surface area contributed by atoms with Crippen LogP contribution in [0.5, 0.6) is 0 Å². The molecule has 3 nitrogen and oxygen atoms in total. The molecule has 0 aliphatic heterocycles. The molecule has 1 aromatic heterocycles. The van der Waals surface area contributed by atoms with E-state index in [-0.39, 0.29) is 5.25 Å². The molecular weight excluding hydrogens is 365 g/mol. The Labute approximate surface area is 154 Å². The Morgan fingerprint density at radius 3 is 2.08 bits per heavy atom. The number of thioether (sulfide) groups is 1. The monoisotopic (exact) mass is 377 g/mol. The van der Waals surface area contributed by atoms with Gasteiger partial charge in [-0.1, -0.05) is 47.1 Å². The smallest absolute Gasteiger partial charge is 0.257 e. The zero-order chi connectivity index (χ0) is 17.1. The fraction of sp³-hybridized carbons (Fsp3) is 0.111. The second-order valence-corrected chi connectivity index (χ2v) is 7.33. The molecule has 24 heavy (non-hydrogen) atoms. The van der Waals surface area contributed by atoms with E-state index in [9.17, 15) is 4.79 Å². The molecule has 0 radical (unpaired) electrons. The van der Waals surface area contributed by atoms with Crippen molar-refractivity contribution in [2.45, 2.75) is 17.4 Å². The first-order chi connectivity index (χ1) is 11.6. The summed E-state index contributed by atoms with van der Waals surface area (Å²) >= 11 is 13.2. The Morgan fingerprint density at radius 2 is 1.54 bits per heavy atom. The van der Waals surface area contributed by atoms with Crippen LogP contribution in [0.25, 0.3) is 22.6 Å². The molecule has 0 amide bonds. The number of carbonyl (C=O) groups excluding carboxylic acids is 1. The highest BCUT2D eigenvalue weighted by atomic mass is 35.5. The van der Waals surface area contributed by atoms with E-state index in [0.717, 1.165) is 17.4 Å². The highest BCUT2D eigenvalue weighted by Crippen LogP contribution is 2.37. The highest BCUT2D eigenvalue weighted by molar-refractivity contribution is 8.00. The van der Waals surface area contributed by atoms with Crippen LogP contribution < -0.4 is 0 Å². The number of aromatic nitrogens is 1. The molecule has 0 saturated heterocycles. The summed E-state index contributed by atoms with van der Waals surface area (Å²) in [6, 6.07) is 14.7. The first-order valence-corrected chi connectivity index (χ1v) is 8.85. The summed E-state index contributed by atoms with van der Waals surface area (Å²) in [7, 11) is 0. The minimum absolute atomic E-state index is 0.236. The van der Waals surface area contributed by atoms with Crippen LogP contribution in [0.2, 0.25) is 10.0 Å². The predicted molar refractivity (Wildman–Crippen MR) is 98.8 cm³/mol. The van der Waals surface area contributed by atoms with Crippen molar-refractivity contribution in [1.82, 2.24) is 4.98 Å². The second kappa shape index (κ2) is 7.43. The maximum atomic E-state index is 10.9. The summed E-state index contributed by atoms with van der Waals surface area (Å²) in [4.78, 5) is 15.5. The summed E-state index contributed by atoms with van der Waals surface area (Å²) in [5.41, 5.74) is 2.45. The van der Waals surface area contributed by atoms with E-state index in [1.165, 1.54) is 11.8 Å². The van der Waals surface area contributed by atoms with Gasteiger partial charge in [0.2, 0.25) is 0 Å². The van der Waals surface area contributed by atoms with E-state index in [4.69, 9.17) is 27.6 Å². The van der Waals surface area contributed by atoms with Crippen molar-refractivity contribution >= 4 is 41.2 Å². The van der Waals surface area contributed by atoms with E-state index in [1.54, 1.807) is 31.2 Å². The summed E-state index contributed by atoms with van der Waals surface area (Å²) in [6.45, 7) is 1.80. The largest absolute Gasteiger partial charge is 0.431 e. The van der Waals surface area contributed by atoms with Crippen LogP contribution in [0.3, 0.4) is 0 Å². The van der Waals surface area contributed by atoms with Gasteiger partial charge in [0.15, 0.2) is 5.76 Å². The van der Waals surface area contributed by atoms with Crippen molar-refractivity contribution in [2.75, 3.05) is 0 Å². The number of rotatable bonds is 5. The van der Waals surface area contributed by atoms with Gasteiger partial charge in [0.25, 0.3) is 5.22 Å². The molecule has 0 aliphatic rings. The molecule has 6 heteroatoms. The first-order valence-electron chi connectivity index (χ1n) is 7.21. The summed E-state index contributed by atoms with van der Waals surface area (Å²) in [6.07, 6.45) is 0.860. The SMILES string of the molecule is CC(C=O)Sc1nc(-c2ccc(Cl)cc2)c(-c2ccc(Cl)cc2)o1. The van der Waals surface area contributed by atoms with Crippen molar-refractivity contribution in [3.8, 4) is 22.6 Å². The molecule has 0 N–H and O–H groups in total. The van der Waals surface area contributed by atoms with E-state index < -0.39 is 0 Å². The minimum atomic E-state index is -0.236. The number of oxazole rings is 1. The van der Waals surface area contributed by atoms with Gasteiger partial charge in [0.05, 0.1) is 5.25 Å². The van der Waals surface area contributed by atoms with Gasteiger partial charge in [-0.05, 0) is 43.3 Å². The third-order valence-electron chi connectivity index (χ3n) is 3.31. The number of hydrogen-bond donors (Lipinski definition) is 0. The molecule has 0 fully saturated rings. The molecule has 0 saturated carbocycles. The standard InChI is InChI=1S/C18H13Cl2NO2S/c1-11(10-22)24-18-21-16(12-2-6-14(19)7-3-12)17(23-18)13-4-8-15(20)9-5-13/h2-11H,1H3. The lowest BCUT2D eigenvalue weighted by Crippen LogP contribution is -1.95. The predicted octanol–water partition coefficient (Wildman–Crippen LogP) is 5.99. The van der Waals surface area contributed by atoms with Gasteiger partial charge in [-0.15, -0.1) is 0 Å². The van der Waals surface area contributed by atoms with E-state index in [2.05, 4.69) is 4.98 Å². The molecule has 0 spiro atoms. The molecule has 1 unspecified atom stereocenters. The Morgan fingerprint density at radius 1 is 1.00 bits per heavy atom. The maximum Gasteiger partial charge on any atom is 0.257 e. The lowest BCUT2D eigenvalue weighted by molar-refractivity contribution is -0.107. The molecule has 2 aromatic carbocycles. The van der Waals surface area contributed by atoms with Crippen LogP contribution in [0.15, 0.2) is 58.2 Å². The fourth-order valence-corrected chi connectivity index (χ4v) is 3.04. The van der Waals surface area contributed by atoms with Gasteiger partial charge in [0, 0.05) is 21.2 Å². The highest BCUT2D eigenvalue weighted by Gasteiger charge is 2.18. The number of benzene rings is 2. The first kappa shape index (κ1) is 17.1. The number of halogens is 2. The topological polar surface area (TPSA) is 43.1 Å². The van der Waals surface area contributed by atoms with Crippen LogP contribution in [0.1, 0.15) is 6.92 Å². The second-order valence-electron chi connectivity index (χ2n) is 5.13. The van der Waals surface area contributed by atoms with Crippen LogP contribution >= 0.6 is 35.0 Å². The lowest BCUT2D eigenvalue weighted by Gasteiger charge is -2.02. The molecule has 1 atom stereocenters. The minimum Gasteiger partial charge on any atom is -0.431 e. The average molecular weight is 378 g/mol. The Hall–Kier alpha value is -1.75. The van der Waals surface area contributed by atoms with E-state index >= 15 is 0 Å². The molecule has 122 valence electrons. The zero-order valence-electron chi connectivity index (χ0n) is 12.7. The zero-order valence-corrected chi connectivity index (χ0v) is 15.0. The van der Waals surface area contributed by atoms with Gasteiger partial charge in [-0.25, -0.2) is 4.98 Å². The quantitative estimate of drug-likeness (QED) is 0.404. The summed E-state index contributed by atoms with van der Waals surface area (Å²) in [5.74, 6) is 0.634. The number of carbonyl (C=O) groups is 1. The number of nitrogens with zero attached hydrogens (tertiary/aromatic N) is 1. The third kappa shape index (κ3) is 3.83. The van der Waals surface area contributed by atoms with Crippen molar-refractivity contribution in [2.24, 2.45) is 0 Å². The molecule has 1 heterocycles. The van der Waals surface area contributed by atoms with E-state index in [1.807, 2.05) is 24.3 Å². The molecule has 3 rings (SSSR count). The maximum absolute atomic E-state index is 10.9. The third-order valence-corrected chi connectivity index (χ3v) is 4.67. The fourth-order valence-electron chi connectivity index (χ4n) is 2.14. The van der Waals surface area contributed by atoms with Crippen molar-refractivity contribution < 1.29 is 9.21 Å². The van der Waals surface area contributed by atoms with Crippen molar-refractivity contribution in [1.29, 1.82) is 0 Å². The average Bonchev–Trinajstić information content (AvgIpc) is 2.99. The van der Waals surface area contributed by atoms with Crippen LogP contribution in [0, 0.1) is 0 Å². The molecule has 3 aromatic rings. The van der Waals surface area contributed by atoms with Crippen LogP contribution in [0.4, 0.5) is 0 Å². The van der Waals surface area contributed by atoms with Gasteiger partial charge in [0.1, 0.15) is 12.0 Å². The Bertz CT molecular complexity index is 781. The summed E-state index contributed by atoms with van der Waals surface area (Å²) < 4.78 is 5.91. The van der Waals surface area contributed by atoms with Gasteiger partial charge in [-0.3, -0.25) is 0 Å². The van der Waals surface area contributed by atoms with Gasteiger partial charge < -0.3 is 9.21 Å². The van der Waals surface area contributed by atoms with E-state index in [0.29, 0.717) is 26.7 Å². The molecule has 0 aliphatic carbocycles. The van der Waals surface area contributed by atoms with Crippen LogP contribution in [-0.4, -0.2) is 16.5 Å². The Balaban J connectivity index is 2.08. The van der Waals surface area contributed by atoms with Crippen LogP contribution in [-0.2, 0) is 4.79 Å². The molecular formula is C18H13Cl2NO2S. The van der Waals surface area contributed by atoms with Gasteiger partial charge in [-0.2, -0.15) is 0 Å². The normalized spacial score (nSPS) is 12.1. The van der Waals surface area contributed by atoms with Crippen molar-refractivity contribution in [3.63, 3.8) is 0 Å². The number of aldehydes is 1.